The highest BCUT2D eigenvalue weighted by molar-refractivity contribution is 7.99. The molecule has 0 bridgehead atoms. The van der Waals surface area contributed by atoms with Crippen LogP contribution >= 0.6 is 11.8 Å². The number of nitrogens with one attached hydrogen (secondary N) is 2. The van der Waals surface area contributed by atoms with E-state index < -0.39 is 0 Å². The Morgan fingerprint density at radius 2 is 2.32 bits per heavy atom. The monoisotopic (exact) mass is 322 g/mol. The predicted octanol–water partition coefficient (Wildman–Crippen LogP) is 2.31. The number of carbonyl (C=O) groups excluding carboxylic acids is 2. The summed E-state index contributed by atoms with van der Waals surface area (Å²) in [5, 5.41) is 2.82. The Hall–Kier alpha value is -1.57. The minimum Gasteiger partial charge on any atom is -0.350 e. The van der Waals surface area contributed by atoms with E-state index in [9.17, 15) is 9.59 Å². The van der Waals surface area contributed by atoms with Crippen LogP contribution in [-0.2, 0) is 14.4 Å². The van der Waals surface area contributed by atoms with Crippen molar-refractivity contribution in [1.29, 1.82) is 0 Å². The summed E-state index contributed by atoms with van der Waals surface area (Å²) < 4.78 is 5.39. The zero-order chi connectivity index (χ0) is 15.4. The Balaban J connectivity index is 1.63. The predicted molar refractivity (Wildman–Crippen MR) is 82.6 cm³/mol. The number of ether oxygens (including phenoxy) is 1. The number of hydrogen-bond acceptors (Lipinski definition) is 5. The van der Waals surface area contributed by atoms with Crippen molar-refractivity contribution in [2.24, 2.45) is 0 Å². The minimum atomic E-state index is -0.381. The van der Waals surface area contributed by atoms with Gasteiger partial charge >= 0.3 is 0 Å². The molecule has 1 aromatic rings. The fraction of sp³-hybridized carbons (Fsp3) is 0.467. The van der Waals surface area contributed by atoms with Crippen molar-refractivity contribution in [3.8, 4) is 0 Å². The Morgan fingerprint density at radius 1 is 1.41 bits per heavy atom. The molecule has 2 aliphatic heterocycles. The molecule has 1 fully saturated rings. The molecule has 7 heteroatoms. The van der Waals surface area contributed by atoms with Crippen LogP contribution in [0.1, 0.15) is 36.0 Å². The van der Waals surface area contributed by atoms with Crippen LogP contribution < -0.4 is 10.8 Å². The molecule has 1 saturated heterocycles. The molecule has 2 N–H and O–H groups in total. The SMILES string of the molecule is O=C1CCSc2ccc(C(=O)NO[C@@H]3CCCCO3)cc2N1. The van der Waals surface area contributed by atoms with E-state index in [-0.39, 0.29) is 18.1 Å². The van der Waals surface area contributed by atoms with Crippen molar-refractivity contribution in [1.82, 2.24) is 5.48 Å². The second kappa shape index (κ2) is 7.13. The number of hydrogen-bond donors (Lipinski definition) is 2. The maximum absolute atomic E-state index is 12.1. The van der Waals surface area contributed by atoms with Gasteiger partial charge in [-0.05, 0) is 31.0 Å². The van der Waals surface area contributed by atoms with Gasteiger partial charge in [-0.3, -0.25) is 9.59 Å². The number of anilines is 1. The molecule has 0 saturated carbocycles. The molecule has 1 aromatic carbocycles. The second-order valence-corrected chi connectivity index (χ2v) is 6.34. The van der Waals surface area contributed by atoms with Gasteiger partial charge in [-0.25, -0.2) is 10.3 Å². The molecule has 2 amide bonds. The molecule has 3 rings (SSSR count). The van der Waals surface area contributed by atoms with Crippen molar-refractivity contribution in [3.05, 3.63) is 23.8 Å². The lowest BCUT2D eigenvalue weighted by molar-refractivity contribution is -0.186. The normalized spacial score (nSPS) is 21.5. The zero-order valence-electron chi connectivity index (χ0n) is 12.1. The van der Waals surface area contributed by atoms with Crippen LogP contribution in [0, 0.1) is 0 Å². The average Bonchev–Trinajstić information content (AvgIpc) is 2.73. The number of carbonyl (C=O) groups is 2. The maximum Gasteiger partial charge on any atom is 0.275 e. The standard InChI is InChI=1S/C15H18N2O4S/c18-13-6-8-22-12-5-4-10(9-11(12)16-13)15(19)17-21-14-3-1-2-7-20-14/h4-5,9,14H,1-3,6-8H2,(H,16,18)(H,17,19)/t14-/m1/s1. The van der Waals surface area contributed by atoms with Crippen molar-refractivity contribution in [3.63, 3.8) is 0 Å². The summed E-state index contributed by atoms with van der Waals surface area (Å²) in [5.41, 5.74) is 3.54. The lowest BCUT2D eigenvalue weighted by Crippen LogP contribution is -2.33. The Kier molecular flexibility index (Phi) is 4.97. The molecular weight excluding hydrogens is 304 g/mol. The van der Waals surface area contributed by atoms with Gasteiger partial charge in [-0.2, -0.15) is 0 Å². The third kappa shape index (κ3) is 3.79. The fourth-order valence-corrected chi connectivity index (χ4v) is 3.28. The Labute approximate surface area is 132 Å². The first-order valence-electron chi connectivity index (χ1n) is 7.37. The molecule has 0 aromatic heterocycles. The number of amides is 2. The van der Waals surface area contributed by atoms with Gasteiger partial charge in [0.1, 0.15) is 0 Å². The Morgan fingerprint density at radius 3 is 3.14 bits per heavy atom. The van der Waals surface area contributed by atoms with E-state index in [4.69, 9.17) is 9.57 Å². The van der Waals surface area contributed by atoms with E-state index in [1.54, 1.807) is 23.9 Å². The molecule has 0 radical (unpaired) electrons. The largest absolute Gasteiger partial charge is 0.350 e. The van der Waals surface area contributed by atoms with Crippen molar-refractivity contribution in [2.45, 2.75) is 36.9 Å². The van der Waals surface area contributed by atoms with Crippen molar-refractivity contribution < 1.29 is 19.2 Å². The quantitative estimate of drug-likeness (QED) is 0.835. The lowest BCUT2D eigenvalue weighted by atomic mass is 10.2. The highest BCUT2D eigenvalue weighted by Crippen LogP contribution is 2.31. The summed E-state index contributed by atoms with van der Waals surface area (Å²) in [6.07, 6.45) is 2.92. The van der Waals surface area contributed by atoms with Crippen molar-refractivity contribution in [2.75, 3.05) is 17.7 Å². The van der Waals surface area contributed by atoms with Gasteiger partial charge in [0.05, 0.1) is 5.69 Å². The zero-order valence-corrected chi connectivity index (χ0v) is 12.9. The van der Waals surface area contributed by atoms with Crippen LogP contribution in [-0.4, -0.2) is 30.5 Å². The van der Waals surface area contributed by atoms with Gasteiger partial charge < -0.3 is 10.1 Å². The second-order valence-electron chi connectivity index (χ2n) is 5.20. The van der Waals surface area contributed by atoms with E-state index in [1.165, 1.54) is 0 Å². The number of rotatable bonds is 3. The number of hydroxylamine groups is 1. The Bertz CT molecular complexity index is 573. The summed E-state index contributed by atoms with van der Waals surface area (Å²) in [7, 11) is 0. The number of thioether (sulfide) groups is 1. The third-order valence-corrected chi connectivity index (χ3v) is 4.60. The molecule has 2 heterocycles. The number of fused-ring (bicyclic) bond motifs is 1. The highest BCUT2D eigenvalue weighted by Gasteiger charge is 2.18. The molecule has 2 aliphatic rings. The van der Waals surface area contributed by atoms with Gasteiger partial charge in [0.25, 0.3) is 5.91 Å². The van der Waals surface area contributed by atoms with Crippen molar-refractivity contribution >= 4 is 29.3 Å². The number of benzene rings is 1. The summed E-state index contributed by atoms with van der Waals surface area (Å²) in [6, 6.07) is 5.24. The fourth-order valence-electron chi connectivity index (χ4n) is 2.34. The van der Waals surface area contributed by atoms with Crippen LogP contribution in [0.25, 0.3) is 0 Å². The molecule has 118 valence electrons. The minimum absolute atomic E-state index is 0.0318. The summed E-state index contributed by atoms with van der Waals surface area (Å²) in [4.78, 5) is 30.0. The first-order valence-corrected chi connectivity index (χ1v) is 8.35. The molecular formula is C15H18N2O4S. The third-order valence-electron chi connectivity index (χ3n) is 3.52. The molecule has 1 atom stereocenters. The van der Waals surface area contributed by atoms with Crippen LogP contribution in [0.5, 0.6) is 0 Å². The van der Waals surface area contributed by atoms with E-state index in [0.717, 1.165) is 29.9 Å². The van der Waals surface area contributed by atoms with Crippen LogP contribution in [0.3, 0.4) is 0 Å². The summed E-state index contributed by atoms with van der Waals surface area (Å²) in [6.45, 7) is 0.655. The van der Waals surface area contributed by atoms with E-state index in [2.05, 4.69) is 10.8 Å². The average molecular weight is 322 g/mol. The molecule has 0 aliphatic carbocycles. The molecule has 0 unspecified atom stereocenters. The van der Waals surface area contributed by atoms with Gasteiger partial charge in [0.15, 0.2) is 6.29 Å². The molecule has 22 heavy (non-hydrogen) atoms. The summed E-state index contributed by atoms with van der Waals surface area (Å²) in [5.74, 6) is 0.364. The molecule has 6 nitrogen and oxygen atoms in total. The van der Waals surface area contributed by atoms with Gasteiger partial charge in [0.2, 0.25) is 5.91 Å². The van der Waals surface area contributed by atoms with Gasteiger partial charge in [-0.15, -0.1) is 11.8 Å². The maximum atomic E-state index is 12.1. The topological polar surface area (TPSA) is 76.7 Å². The van der Waals surface area contributed by atoms with Gasteiger partial charge in [0, 0.05) is 35.7 Å². The van der Waals surface area contributed by atoms with E-state index in [0.29, 0.717) is 24.3 Å². The summed E-state index contributed by atoms with van der Waals surface area (Å²) >= 11 is 1.60. The highest BCUT2D eigenvalue weighted by atomic mass is 32.2. The van der Waals surface area contributed by atoms with E-state index in [1.807, 2.05) is 6.07 Å². The first-order chi connectivity index (χ1) is 10.7. The molecule has 0 spiro atoms. The van der Waals surface area contributed by atoms with E-state index >= 15 is 0 Å². The van der Waals surface area contributed by atoms with Gasteiger partial charge in [-0.1, -0.05) is 0 Å². The lowest BCUT2D eigenvalue weighted by Gasteiger charge is -2.22. The van der Waals surface area contributed by atoms with Crippen LogP contribution in [0.2, 0.25) is 0 Å². The first kappa shape index (κ1) is 15.3. The smallest absolute Gasteiger partial charge is 0.275 e. The van der Waals surface area contributed by atoms with Crippen LogP contribution in [0.15, 0.2) is 23.1 Å². The van der Waals surface area contributed by atoms with Crippen LogP contribution in [0.4, 0.5) is 5.69 Å².